The molecule has 2 nitrogen and oxygen atoms in total. The second-order valence-electron chi connectivity index (χ2n) is 6.97. The van der Waals surface area contributed by atoms with Crippen LogP contribution in [0.3, 0.4) is 0 Å². The first-order valence-corrected chi connectivity index (χ1v) is 8.15. The molecule has 0 heterocycles. The standard InChI is InChI=1S/C18H30N2/c1-15(2)13-18(10-3-4-11-18)14-20-12-9-16-5-7-17(19)8-6-16/h5-8,15,20H,3-4,9-14,19H2,1-2H3. The van der Waals surface area contributed by atoms with Crippen molar-refractivity contribution >= 4 is 5.69 Å². The zero-order chi connectivity index (χ0) is 14.4. The lowest BCUT2D eigenvalue weighted by Gasteiger charge is -2.31. The van der Waals surface area contributed by atoms with Crippen LogP contribution in [0.4, 0.5) is 5.69 Å². The Kier molecular flexibility index (Phi) is 5.47. The first-order chi connectivity index (χ1) is 9.60. The third kappa shape index (κ3) is 4.52. The normalized spacial score (nSPS) is 17.8. The molecule has 0 aliphatic heterocycles. The Morgan fingerprint density at radius 3 is 2.40 bits per heavy atom. The van der Waals surface area contributed by atoms with Gasteiger partial charge in [0, 0.05) is 12.2 Å². The highest BCUT2D eigenvalue weighted by molar-refractivity contribution is 5.39. The van der Waals surface area contributed by atoms with Crippen LogP contribution in [0.5, 0.6) is 0 Å². The van der Waals surface area contributed by atoms with Gasteiger partial charge < -0.3 is 11.1 Å². The third-order valence-electron chi connectivity index (χ3n) is 4.58. The summed E-state index contributed by atoms with van der Waals surface area (Å²) in [5.74, 6) is 0.812. The minimum atomic E-state index is 0.579. The molecule has 0 radical (unpaired) electrons. The van der Waals surface area contributed by atoms with Gasteiger partial charge in [-0.1, -0.05) is 38.8 Å². The van der Waals surface area contributed by atoms with Crippen LogP contribution in [-0.4, -0.2) is 13.1 Å². The topological polar surface area (TPSA) is 38.0 Å². The molecule has 2 rings (SSSR count). The molecule has 0 bridgehead atoms. The maximum absolute atomic E-state index is 5.71. The van der Waals surface area contributed by atoms with Gasteiger partial charge in [-0.2, -0.15) is 0 Å². The molecule has 1 aromatic rings. The molecule has 20 heavy (non-hydrogen) atoms. The smallest absolute Gasteiger partial charge is 0.0314 e. The summed E-state index contributed by atoms with van der Waals surface area (Å²) in [6.07, 6.45) is 8.15. The molecule has 3 N–H and O–H groups in total. The summed E-state index contributed by atoms with van der Waals surface area (Å²) in [6, 6.07) is 8.26. The van der Waals surface area contributed by atoms with Crippen molar-refractivity contribution in [2.45, 2.75) is 52.4 Å². The molecule has 1 aliphatic rings. The van der Waals surface area contributed by atoms with Crippen molar-refractivity contribution in [1.82, 2.24) is 5.32 Å². The Bertz CT molecular complexity index is 388. The van der Waals surface area contributed by atoms with Gasteiger partial charge in [0.15, 0.2) is 0 Å². The molecule has 1 saturated carbocycles. The number of nitrogens with two attached hydrogens (primary N) is 1. The highest BCUT2D eigenvalue weighted by Crippen LogP contribution is 2.42. The Morgan fingerprint density at radius 1 is 1.15 bits per heavy atom. The van der Waals surface area contributed by atoms with E-state index in [1.54, 1.807) is 0 Å². The fourth-order valence-corrected chi connectivity index (χ4v) is 3.71. The van der Waals surface area contributed by atoms with Crippen LogP contribution in [0, 0.1) is 11.3 Å². The fourth-order valence-electron chi connectivity index (χ4n) is 3.71. The van der Waals surface area contributed by atoms with Gasteiger partial charge in [-0.3, -0.25) is 0 Å². The number of hydrogen-bond donors (Lipinski definition) is 2. The van der Waals surface area contributed by atoms with Crippen molar-refractivity contribution in [1.29, 1.82) is 0 Å². The van der Waals surface area contributed by atoms with E-state index in [9.17, 15) is 0 Å². The third-order valence-corrected chi connectivity index (χ3v) is 4.58. The molecule has 0 amide bonds. The maximum atomic E-state index is 5.71. The number of nitrogen functional groups attached to an aromatic ring is 1. The fraction of sp³-hybridized carbons (Fsp3) is 0.667. The molecule has 0 saturated heterocycles. The molecule has 1 aromatic carbocycles. The Labute approximate surface area is 124 Å². The van der Waals surface area contributed by atoms with Gasteiger partial charge in [0.05, 0.1) is 0 Å². The minimum Gasteiger partial charge on any atom is -0.399 e. The summed E-state index contributed by atoms with van der Waals surface area (Å²) in [5.41, 5.74) is 8.51. The van der Waals surface area contributed by atoms with Crippen LogP contribution in [-0.2, 0) is 6.42 Å². The van der Waals surface area contributed by atoms with Crippen molar-refractivity contribution in [3.8, 4) is 0 Å². The average Bonchev–Trinajstić information content (AvgIpc) is 2.85. The quantitative estimate of drug-likeness (QED) is 0.582. The second-order valence-corrected chi connectivity index (χ2v) is 6.97. The van der Waals surface area contributed by atoms with E-state index >= 15 is 0 Å². The molecule has 0 unspecified atom stereocenters. The van der Waals surface area contributed by atoms with Crippen LogP contribution in [0.2, 0.25) is 0 Å². The summed E-state index contributed by atoms with van der Waals surface area (Å²) in [4.78, 5) is 0. The monoisotopic (exact) mass is 274 g/mol. The van der Waals surface area contributed by atoms with Crippen molar-refractivity contribution in [3.05, 3.63) is 29.8 Å². The molecule has 112 valence electrons. The van der Waals surface area contributed by atoms with Crippen LogP contribution < -0.4 is 11.1 Å². The molecule has 0 spiro atoms. The van der Waals surface area contributed by atoms with E-state index in [-0.39, 0.29) is 0 Å². The van der Waals surface area contributed by atoms with Gasteiger partial charge >= 0.3 is 0 Å². The average molecular weight is 274 g/mol. The number of rotatable bonds is 7. The summed E-state index contributed by atoms with van der Waals surface area (Å²) < 4.78 is 0. The molecule has 2 heteroatoms. The zero-order valence-corrected chi connectivity index (χ0v) is 13.1. The minimum absolute atomic E-state index is 0.579. The summed E-state index contributed by atoms with van der Waals surface area (Å²) in [6.45, 7) is 6.98. The van der Waals surface area contributed by atoms with Crippen LogP contribution in [0.1, 0.15) is 51.5 Å². The van der Waals surface area contributed by atoms with Gasteiger partial charge in [0.1, 0.15) is 0 Å². The van der Waals surface area contributed by atoms with E-state index in [2.05, 4.69) is 31.3 Å². The second kappa shape index (κ2) is 7.12. The molecule has 0 aromatic heterocycles. The number of benzene rings is 1. The molecule has 1 fully saturated rings. The first kappa shape index (κ1) is 15.4. The van der Waals surface area contributed by atoms with Crippen LogP contribution in [0.25, 0.3) is 0 Å². The first-order valence-electron chi connectivity index (χ1n) is 8.15. The van der Waals surface area contributed by atoms with E-state index in [1.807, 2.05) is 12.1 Å². The van der Waals surface area contributed by atoms with E-state index in [4.69, 9.17) is 5.73 Å². The van der Waals surface area contributed by atoms with E-state index in [1.165, 1.54) is 44.2 Å². The maximum Gasteiger partial charge on any atom is 0.0314 e. The highest BCUT2D eigenvalue weighted by Gasteiger charge is 2.33. The lowest BCUT2D eigenvalue weighted by atomic mass is 9.78. The predicted molar refractivity (Wildman–Crippen MR) is 87.8 cm³/mol. The molecular formula is C18H30N2. The van der Waals surface area contributed by atoms with Crippen molar-refractivity contribution in [2.24, 2.45) is 11.3 Å². The SMILES string of the molecule is CC(C)CC1(CNCCc2ccc(N)cc2)CCCC1. The van der Waals surface area contributed by atoms with Gasteiger partial charge in [-0.05, 0) is 61.3 Å². The van der Waals surface area contributed by atoms with Gasteiger partial charge in [-0.25, -0.2) is 0 Å². The van der Waals surface area contributed by atoms with E-state index in [0.717, 1.165) is 24.6 Å². The zero-order valence-electron chi connectivity index (χ0n) is 13.1. The lowest BCUT2D eigenvalue weighted by molar-refractivity contribution is 0.225. The van der Waals surface area contributed by atoms with Gasteiger partial charge in [0.2, 0.25) is 0 Å². The van der Waals surface area contributed by atoms with E-state index < -0.39 is 0 Å². The summed E-state index contributed by atoms with van der Waals surface area (Å²) >= 11 is 0. The number of hydrogen-bond acceptors (Lipinski definition) is 2. The summed E-state index contributed by atoms with van der Waals surface area (Å²) in [7, 11) is 0. The lowest BCUT2D eigenvalue weighted by Crippen LogP contribution is -2.34. The van der Waals surface area contributed by atoms with Crippen molar-refractivity contribution in [3.63, 3.8) is 0 Å². The predicted octanol–water partition coefficient (Wildman–Crippen LogP) is 4.01. The Hall–Kier alpha value is -1.02. The number of anilines is 1. The number of nitrogens with one attached hydrogen (secondary N) is 1. The van der Waals surface area contributed by atoms with Gasteiger partial charge in [-0.15, -0.1) is 0 Å². The van der Waals surface area contributed by atoms with Crippen LogP contribution >= 0.6 is 0 Å². The molecule has 1 aliphatic carbocycles. The van der Waals surface area contributed by atoms with Gasteiger partial charge in [0.25, 0.3) is 0 Å². The van der Waals surface area contributed by atoms with E-state index in [0.29, 0.717) is 5.41 Å². The largest absolute Gasteiger partial charge is 0.399 e. The summed E-state index contributed by atoms with van der Waals surface area (Å²) in [5, 5.41) is 3.71. The van der Waals surface area contributed by atoms with Crippen molar-refractivity contribution < 1.29 is 0 Å². The molecular weight excluding hydrogens is 244 g/mol. The highest BCUT2D eigenvalue weighted by atomic mass is 14.9. The van der Waals surface area contributed by atoms with Crippen LogP contribution in [0.15, 0.2) is 24.3 Å². The Morgan fingerprint density at radius 2 is 1.80 bits per heavy atom. The molecule has 0 atom stereocenters. The van der Waals surface area contributed by atoms with Crippen molar-refractivity contribution in [2.75, 3.05) is 18.8 Å². The Balaban J connectivity index is 1.74.